The van der Waals surface area contributed by atoms with Crippen molar-refractivity contribution in [2.75, 3.05) is 18.1 Å². The molecular formula is C24H41NO2Sn. The molecule has 158 valence electrons. The van der Waals surface area contributed by atoms with Crippen LogP contribution in [0.25, 0.3) is 0 Å². The summed E-state index contributed by atoms with van der Waals surface area (Å²) in [6.45, 7) is 9.77. The van der Waals surface area contributed by atoms with Crippen LogP contribution in [0.1, 0.15) is 66.2 Å². The molecule has 0 bridgehead atoms. The Labute approximate surface area is 177 Å². The molecule has 28 heavy (non-hydrogen) atoms. The molecule has 1 rings (SSSR count). The number of ether oxygens (including phenoxy) is 1. The van der Waals surface area contributed by atoms with E-state index in [1.54, 1.807) is 4.90 Å². The van der Waals surface area contributed by atoms with Gasteiger partial charge in [0.25, 0.3) is 0 Å². The molecule has 3 nitrogen and oxygen atoms in total. The summed E-state index contributed by atoms with van der Waals surface area (Å²) in [7, 11) is 0. The van der Waals surface area contributed by atoms with E-state index in [9.17, 15) is 4.79 Å². The number of nitrogens with zero attached hydrogens (tertiary/aromatic N) is 1. The second kappa shape index (κ2) is 14.9. The van der Waals surface area contributed by atoms with Gasteiger partial charge in [-0.2, -0.15) is 0 Å². The first-order valence-electron chi connectivity index (χ1n) is 11.3. The van der Waals surface area contributed by atoms with Gasteiger partial charge in [0.15, 0.2) is 0 Å². The van der Waals surface area contributed by atoms with E-state index in [0.717, 1.165) is 5.69 Å². The molecule has 0 aliphatic carbocycles. The monoisotopic (exact) mass is 495 g/mol. The van der Waals surface area contributed by atoms with Crippen LogP contribution >= 0.6 is 0 Å². The number of anilines is 1. The van der Waals surface area contributed by atoms with Gasteiger partial charge in [0.1, 0.15) is 0 Å². The van der Waals surface area contributed by atoms with E-state index in [1.165, 1.54) is 51.8 Å². The maximum absolute atomic E-state index is 12.5. The first kappa shape index (κ1) is 25.1. The molecule has 0 N–H and O–H groups in total. The number of carbonyl (C=O) groups is 1. The maximum atomic E-state index is 12.5. The fourth-order valence-electron chi connectivity index (χ4n) is 3.71. The van der Waals surface area contributed by atoms with Crippen molar-refractivity contribution in [2.45, 2.75) is 79.5 Å². The summed E-state index contributed by atoms with van der Waals surface area (Å²) in [6, 6.07) is 9.88. The third kappa shape index (κ3) is 9.02. The number of hydrogen-bond acceptors (Lipinski definition) is 2. The Balaban J connectivity index is 2.99. The summed E-state index contributed by atoms with van der Waals surface area (Å²) >= 11 is -2.31. The van der Waals surface area contributed by atoms with Crippen molar-refractivity contribution >= 4 is 30.2 Å². The Hall–Kier alpha value is -0.971. The molecule has 0 spiro atoms. The van der Waals surface area contributed by atoms with Crippen LogP contribution in [0.4, 0.5) is 10.5 Å². The van der Waals surface area contributed by atoms with Crippen molar-refractivity contribution in [1.82, 2.24) is 0 Å². The van der Waals surface area contributed by atoms with E-state index in [2.05, 4.69) is 30.9 Å². The zero-order valence-corrected chi connectivity index (χ0v) is 21.4. The molecule has 4 heteroatoms. The van der Waals surface area contributed by atoms with Crippen LogP contribution in [0.3, 0.4) is 0 Å². The van der Waals surface area contributed by atoms with Gasteiger partial charge in [-0.25, -0.2) is 0 Å². The molecule has 1 amide bonds. The number of benzene rings is 1. The molecule has 0 heterocycles. The summed E-state index contributed by atoms with van der Waals surface area (Å²) in [6.07, 6.45) is 9.95. The van der Waals surface area contributed by atoms with Crippen LogP contribution in [0.5, 0.6) is 0 Å². The molecule has 0 aromatic heterocycles. The number of carbonyl (C=O) groups excluding carboxylic acids is 1. The Morgan fingerprint density at radius 1 is 0.929 bits per heavy atom. The second-order valence-corrected chi connectivity index (χ2v) is 20.7. The number of hydrogen-bond donors (Lipinski definition) is 0. The summed E-state index contributed by atoms with van der Waals surface area (Å²) in [5.74, 6) is 0. The van der Waals surface area contributed by atoms with E-state index >= 15 is 0 Å². The molecule has 0 atom stereocenters. The van der Waals surface area contributed by atoms with Crippen molar-refractivity contribution in [3.05, 3.63) is 40.5 Å². The number of para-hydroxylation sites is 1. The van der Waals surface area contributed by atoms with Crippen molar-refractivity contribution < 1.29 is 9.53 Å². The van der Waals surface area contributed by atoms with Gasteiger partial charge in [0, 0.05) is 0 Å². The van der Waals surface area contributed by atoms with E-state index in [4.69, 9.17) is 4.74 Å². The fraction of sp³-hybridized carbons (Fsp3) is 0.625. The molecule has 0 unspecified atom stereocenters. The van der Waals surface area contributed by atoms with Crippen LogP contribution in [0, 0.1) is 0 Å². The third-order valence-electron chi connectivity index (χ3n) is 5.40. The van der Waals surface area contributed by atoms with Gasteiger partial charge in [-0.3, -0.25) is 0 Å². The van der Waals surface area contributed by atoms with Gasteiger partial charge in [-0.1, -0.05) is 0 Å². The standard InChI is InChI=1S/C12H14NO2.3C4H9.Sn/c1-3-10-13(12(14)15-4-2)11-8-6-5-7-9-11;3*1-3-4-2;/h1,3,5-9H,4,10H2,2H3;3*1,3-4H2,2H3;. The van der Waals surface area contributed by atoms with Crippen LogP contribution < -0.4 is 4.90 Å². The quantitative estimate of drug-likeness (QED) is 0.250. The van der Waals surface area contributed by atoms with Gasteiger partial charge < -0.3 is 0 Å². The van der Waals surface area contributed by atoms with Crippen molar-refractivity contribution in [3.63, 3.8) is 0 Å². The summed E-state index contributed by atoms with van der Waals surface area (Å²) in [5.41, 5.74) is 0.905. The Kier molecular flexibility index (Phi) is 13.4. The normalized spacial score (nSPS) is 11.7. The Morgan fingerprint density at radius 2 is 1.46 bits per heavy atom. The summed E-state index contributed by atoms with van der Waals surface area (Å²) in [4.78, 5) is 14.3. The first-order chi connectivity index (χ1) is 13.6. The zero-order valence-electron chi connectivity index (χ0n) is 18.6. The van der Waals surface area contributed by atoms with E-state index in [-0.39, 0.29) is 6.09 Å². The molecule has 0 aliphatic rings. The molecule has 1 aromatic carbocycles. The Bertz CT molecular complexity index is 537. The van der Waals surface area contributed by atoms with E-state index < -0.39 is 18.4 Å². The minimum absolute atomic E-state index is 0.255. The second-order valence-electron chi connectivity index (χ2n) is 7.72. The van der Waals surface area contributed by atoms with Gasteiger partial charge >= 0.3 is 178 Å². The SMILES string of the molecule is CCC[CH2][Sn](/[CH]=C/CN(C(=O)OCC)c1ccccc1)([CH2]CCC)[CH2]CCC. The van der Waals surface area contributed by atoms with Gasteiger partial charge in [-0.15, -0.1) is 0 Å². The predicted molar refractivity (Wildman–Crippen MR) is 125 cm³/mol. The molecule has 1 aromatic rings. The number of rotatable bonds is 14. The van der Waals surface area contributed by atoms with Crippen LogP contribution in [0.2, 0.25) is 13.3 Å². The average Bonchev–Trinajstić information content (AvgIpc) is 2.72. The van der Waals surface area contributed by atoms with Crippen molar-refractivity contribution in [3.8, 4) is 0 Å². The number of unbranched alkanes of at least 4 members (excludes halogenated alkanes) is 3. The van der Waals surface area contributed by atoms with Crippen LogP contribution in [0.15, 0.2) is 40.5 Å². The Morgan fingerprint density at radius 3 is 1.93 bits per heavy atom. The number of amides is 1. The minimum atomic E-state index is -2.31. The molecule has 0 aliphatic heterocycles. The van der Waals surface area contributed by atoms with Gasteiger partial charge in [0.2, 0.25) is 0 Å². The molecular weight excluding hydrogens is 453 g/mol. The van der Waals surface area contributed by atoms with Gasteiger partial charge in [-0.05, 0) is 0 Å². The third-order valence-corrected chi connectivity index (χ3v) is 19.6. The molecule has 0 saturated heterocycles. The zero-order chi connectivity index (χ0) is 20.7. The average molecular weight is 494 g/mol. The van der Waals surface area contributed by atoms with Crippen molar-refractivity contribution in [1.29, 1.82) is 0 Å². The van der Waals surface area contributed by atoms with Gasteiger partial charge in [0.05, 0.1) is 0 Å². The van der Waals surface area contributed by atoms with E-state index in [0.29, 0.717) is 13.2 Å². The van der Waals surface area contributed by atoms with E-state index in [1.807, 2.05) is 37.3 Å². The van der Waals surface area contributed by atoms with Crippen LogP contribution in [-0.2, 0) is 4.74 Å². The molecule has 0 radical (unpaired) electrons. The molecule has 0 fully saturated rings. The summed E-state index contributed by atoms with van der Waals surface area (Å²) in [5, 5.41) is 0. The topological polar surface area (TPSA) is 29.5 Å². The predicted octanol–water partition coefficient (Wildman–Crippen LogP) is 7.59. The van der Waals surface area contributed by atoms with Crippen molar-refractivity contribution in [2.24, 2.45) is 0 Å². The molecule has 0 saturated carbocycles. The van der Waals surface area contributed by atoms with Crippen LogP contribution in [-0.4, -0.2) is 37.6 Å². The fourth-order valence-corrected chi connectivity index (χ4v) is 18.1. The summed E-state index contributed by atoms with van der Waals surface area (Å²) < 4.78 is 12.3. The first-order valence-corrected chi connectivity index (χ1v) is 19.0.